The number of aromatic nitrogens is 2. The topological polar surface area (TPSA) is 81.2 Å². The quantitative estimate of drug-likeness (QED) is 0.936. The Kier molecular flexibility index (Phi) is 3.77. The van der Waals surface area contributed by atoms with E-state index in [1.807, 2.05) is 6.92 Å². The highest BCUT2D eigenvalue weighted by Crippen LogP contribution is 2.36. The van der Waals surface area contributed by atoms with Gasteiger partial charge in [0, 0.05) is 6.42 Å². The molecule has 0 aromatic carbocycles. The zero-order valence-corrected chi connectivity index (χ0v) is 12.1. The van der Waals surface area contributed by atoms with Gasteiger partial charge in [0.15, 0.2) is 5.82 Å². The highest BCUT2D eigenvalue weighted by atomic mass is 16.5. The summed E-state index contributed by atoms with van der Waals surface area (Å²) in [6.45, 7) is 1.98. The van der Waals surface area contributed by atoms with Gasteiger partial charge in [-0.2, -0.15) is 4.98 Å². The maximum atomic E-state index is 12.4. The predicted molar refractivity (Wildman–Crippen MR) is 74.6 cm³/mol. The molecule has 112 valence electrons. The lowest BCUT2D eigenvalue weighted by Crippen LogP contribution is -2.47. The largest absolute Gasteiger partial charge is 0.472 e. The SMILES string of the molecule is CCc1noc(C2(NC(=O)c3ccoc3)CCCCC2)n1. The van der Waals surface area contributed by atoms with Gasteiger partial charge in [0.25, 0.3) is 11.8 Å². The van der Waals surface area contributed by atoms with Crippen LogP contribution in [0, 0.1) is 0 Å². The smallest absolute Gasteiger partial charge is 0.255 e. The summed E-state index contributed by atoms with van der Waals surface area (Å²) in [5.74, 6) is 1.03. The highest BCUT2D eigenvalue weighted by molar-refractivity contribution is 5.94. The summed E-state index contributed by atoms with van der Waals surface area (Å²) in [6, 6.07) is 1.65. The van der Waals surface area contributed by atoms with Crippen LogP contribution in [0.5, 0.6) is 0 Å². The molecule has 0 bridgehead atoms. The Morgan fingerprint density at radius 1 is 1.38 bits per heavy atom. The van der Waals surface area contributed by atoms with E-state index in [-0.39, 0.29) is 5.91 Å². The van der Waals surface area contributed by atoms with Crippen LogP contribution < -0.4 is 5.32 Å². The van der Waals surface area contributed by atoms with Crippen LogP contribution in [-0.2, 0) is 12.0 Å². The molecule has 0 radical (unpaired) electrons. The summed E-state index contributed by atoms with van der Waals surface area (Å²) in [5.41, 5.74) is -0.0392. The van der Waals surface area contributed by atoms with Crippen molar-refractivity contribution in [2.75, 3.05) is 0 Å². The van der Waals surface area contributed by atoms with E-state index in [9.17, 15) is 4.79 Å². The van der Waals surface area contributed by atoms with Crippen molar-refractivity contribution in [1.29, 1.82) is 0 Å². The van der Waals surface area contributed by atoms with Gasteiger partial charge >= 0.3 is 0 Å². The van der Waals surface area contributed by atoms with E-state index in [1.54, 1.807) is 6.07 Å². The molecule has 1 amide bonds. The van der Waals surface area contributed by atoms with Crippen LogP contribution in [-0.4, -0.2) is 16.0 Å². The molecule has 2 aromatic heterocycles. The Bertz CT molecular complexity index is 597. The van der Waals surface area contributed by atoms with E-state index in [4.69, 9.17) is 8.94 Å². The minimum Gasteiger partial charge on any atom is -0.472 e. The van der Waals surface area contributed by atoms with Gasteiger partial charge in [0.05, 0.1) is 11.8 Å². The molecule has 21 heavy (non-hydrogen) atoms. The van der Waals surface area contributed by atoms with Gasteiger partial charge < -0.3 is 14.3 Å². The van der Waals surface area contributed by atoms with Gasteiger partial charge in [-0.1, -0.05) is 31.3 Å². The van der Waals surface area contributed by atoms with Crippen LogP contribution >= 0.6 is 0 Å². The number of carbonyl (C=O) groups excluding carboxylic acids is 1. The first-order valence-electron chi connectivity index (χ1n) is 7.41. The number of aryl methyl sites for hydroxylation is 1. The van der Waals surface area contributed by atoms with Crippen LogP contribution in [0.4, 0.5) is 0 Å². The van der Waals surface area contributed by atoms with E-state index < -0.39 is 5.54 Å². The molecular formula is C15H19N3O3. The number of furan rings is 1. The number of carbonyl (C=O) groups is 1. The molecule has 6 heteroatoms. The van der Waals surface area contributed by atoms with E-state index in [2.05, 4.69) is 15.5 Å². The molecule has 1 fully saturated rings. The molecule has 0 aliphatic heterocycles. The minimum absolute atomic E-state index is 0.165. The monoisotopic (exact) mass is 289 g/mol. The Morgan fingerprint density at radius 2 is 2.19 bits per heavy atom. The maximum absolute atomic E-state index is 12.4. The average Bonchev–Trinajstić information content (AvgIpc) is 3.20. The van der Waals surface area contributed by atoms with Crippen molar-refractivity contribution in [2.45, 2.75) is 51.0 Å². The second kappa shape index (κ2) is 5.71. The fraction of sp³-hybridized carbons (Fsp3) is 0.533. The molecule has 2 aromatic rings. The van der Waals surface area contributed by atoms with Gasteiger partial charge in [-0.15, -0.1) is 0 Å². The normalized spacial score (nSPS) is 17.6. The molecule has 1 saturated carbocycles. The van der Waals surface area contributed by atoms with Crippen LogP contribution in [0.25, 0.3) is 0 Å². The molecule has 2 heterocycles. The van der Waals surface area contributed by atoms with Crippen molar-refractivity contribution in [2.24, 2.45) is 0 Å². The Morgan fingerprint density at radius 3 is 2.81 bits per heavy atom. The summed E-state index contributed by atoms with van der Waals surface area (Å²) in [7, 11) is 0. The van der Waals surface area contributed by atoms with E-state index in [0.717, 1.165) is 38.5 Å². The van der Waals surface area contributed by atoms with E-state index >= 15 is 0 Å². The molecule has 1 N–H and O–H groups in total. The number of nitrogens with one attached hydrogen (secondary N) is 1. The van der Waals surface area contributed by atoms with Crippen LogP contribution in [0.15, 0.2) is 27.5 Å². The third-order valence-corrected chi connectivity index (χ3v) is 4.04. The molecule has 6 nitrogen and oxygen atoms in total. The summed E-state index contributed by atoms with van der Waals surface area (Å²) in [6.07, 6.45) is 8.53. The van der Waals surface area contributed by atoms with Crippen LogP contribution in [0.3, 0.4) is 0 Å². The predicted octanol–water partition coefficient (Wildman–Crippen LogP) is 2.81. The molecule has 0 unspecified atom stereocenters. The van der Waals surface area contributed by atoms with Gasteiger partial charge in [-0.3, -0.25) is 4.79 Å². The van der Waals surface area contributed by atoms with Crippen molar-refractivity contribution < 1.29 is 13.7 Å². The molecular weight excluding hydrogens is 270 g/mol. The van der Waals surface area contributed by atoms with Gasteiger partial charge in [0.2, 0.25) is 0 Å². The van der Waals surface area contributed by atoms with Crippen molar-refractivity contribution in [3.8, 4) is 0 Å². The fourth-order valence-electron chi connectivity index (χ4n) is 2.82. The lowest BCUT2D eigenvalue weighted by molar-refractivity contribution is 0.0824. The standard InChI is InChI=1S/C15H19N3O3/c1-2-12-16-14(21-18-12)15(7-4-3-5-8-15)17-13(19)11-6-9-20-10-11/h6,9-10H,2-5,7-8H2,1H3,(H,17,19). The van der Waals surface area contributed by atoms with Crippen molar-refractivity contribution in [3.05, 3.63) is 35.9 Å². The summed E-state index contributed by atoms with van der Waals surface area (Å²) in [5, 5.41) is 7.06. The molecule has 0 saturated heterocycles. The first-order chi connectivity index (χ1) is 10.2. The Labute approximate surface area is 122 Å². The first kappa shape index (κ1) is 13.9. The number of amides is 1. The Hall–Kier alpha value is -2.11. The van der Waals surface area contributed by atoms with Crippen LogP contribution in [0.1, 0.15) is 61.1 Å². The number of nitrogens with zero attached hydrogens (tertiary/aromatic N) is 2. The zero-order chi connectivity index (χ0) is 14.7. The lowest BCUT2D eigenvalue weighted by Gasteiger charge is -2.34. The van der Waals surface area contributed by atoms with Gasteiger partial charge in [-0.25, -0.2) is 0 Å². The number of hydrogen-bond donors (Lipinski definition) is 1. The third-order valence-electron chi connectivity index (χ3n) is 4.04. The van der Waals surface area contributed by atoms with Crippen LogP contribution in [0.2, 0.25) is 0 Å². The lowest BCUT2D eigenvalue weighted by atomic mass is 9.81. The minimum atomic E-state index is -0.549. The summed E-state index contributed by atoms with van der Waals surface area (Å²) in [4.78, 5) is 16.8. The average molecular weight is 289 g/mol. The van der Waals surface area contributed by atoms with E-state index in [1.165, 1.54) is 12.5 Å². The van der Waals surface area contributed by atoms with Crippen molar-refractivity contribution >= 4 is 5.91 Å². The number of rotatable bonds is 4. The highest BCUT2D eigenvalue weighted by Gasteiger charge is 2.40. The maximum Gasteiger partial charge on any atom is 0.255 e. The zero-order valence-electron chi connectivity index (χ0n) is 12.1. The van der Waals surface area contributed by atoms with Gasteiger partial charge in [0.1, 0.15) is 11.8 Å². The summed E-state index contributed by atoms with van der Waals surface area (Å²) >= 11 is 0. The molecule has 3 rings (SSSR count). The van der Waals surface area contributed by atoms with Crippen molar-refractivity contribution in [3.63, 3.8) is 0 Å². The second-order valence-corrected chi connectivity index (χ2v) is 5.48. The molecule has 0 atom stereocenters. The van der Waals surface area contributed by atoms with Gasteiger partial charge in [-0.05, 0) is 18.9 Å². The fourth-order valence-corrected chi connectivity index (χ4v) is 2.82. The number of hydrogen-bond acceptors (Lipinski definition) is 5. The summed E-state index contributed by atoms with van der Waals surface area (Å²) < 4.78 is 10.4. The second-order valence-electron chi connectivity index (χ2n) is 5.48. The third kappa shape index (κ3) is 2.70. The van der Waals surface area contributed by atoms with Crippen molar-refractivity contribution in [1.82, 2.24) is 15.5 Å². The molecule has 1 aliphatic carbocycles. The Balaban J connectivity index is 1.87. The first-order valence-corrected chi connectivity index (χ1v) is 7.41. The van der Waals surface area contributed by atoms with E-state index in [0.29, 0.717) is 17.3 Å². The molecule has 1 aliphatic rings. The molecule has 0 spiro atoms.